The first kappa shape index (κ1) is 18.1. The summed E-state index contributed by atoms with van der Waals surface area (Å²) in [6, 6.07) is 8.90. The number of carbonyl (C=O) groups excluding carboxylic acids is 1. The van der Waals surface area contributed by atoms with Crippen LogP contribution in [0.4, 0.5) is 5.69 Å². The summed E-state index contributed by atoms with van der Waals surface area (Å²) in [5.41, 5.74) is 4.42. The minimum Gasteiger partial charge on any atom is -0.322 e. The highest BCUT2D eigenvalue weighted by molar-refractivity contribution is 7.17. The fourth-order valence-electron chi connectivity index (χ4n) is 4.48. The van der Waals surface area contributed by atoms with Gasteiger partial charge < -0.3 is 5.32 Å². The SMILES string of the molecule is O=C(Nc1ccc2scc(C3=CCN4CCCCC4CC3)c2c1)c1ccsc1. The zero-order valence-electron chi connectivity index (χ0n) is 15.8. The Hall–Kier alpha value is -1.95. The highest BCUT2D eigenvalue weighted by atomic mass is 32.1. The molecule has 5 heteroatoms. The smallest absolute Gasteiger partial charge is 0.256 e. The molecule has 4 heterocycles. The number of piperidine rings is 1. The molecule has 1 N–H and O–H groups in total. The number of benzene rings is 1. The van der Waals surface area contributed by atoms with Crippen LogP contribution in [0.25, 0.3) is 15.7 Å². The van der Waals surface area contributed by atoms with E-state index in [9.17, 15) is 4.79 Å². The largest absolute Gasteiger partial charge is 0.322 e. The van der Waals surface area contributed by atoms with E-state index in [0.29, 0.717) is 0 Å². The first-order valence-corrected chi connectivity index (χ1v) is 11.9. The quantitative estimate of drug-likeness (QED) is 0.556. The van der Waals surface area contributed by atoms with Gasteiger partial charge in [-0.15, -0.1) is 11.3 Å². The lowest BCUT2D eigenvalue weighted by Gasteiger charge is -2.33. The Morgan fingerprint density at radius 3 is 3.00 bits per heavy atom. The second-order valence-corrected chi connectivity index (χ2v) is 9.43. The molecule has 1 aromatic carbocycles. The summed E-state index contributed by atoms with van der Waals surface area (Å²) in [4.78, 5) is 15.1. The van der Waals surface area contributed by atoms with Crippen molar-refractivity contribution in [2.45, 2.75) is 38.1 Å². The van der Waals surface area contributed by atoms with Crippen LogP contribution < -0.4 is 5.32 Å². The third-order valence-corrected chi connectivity index (χ3v) is 7.68. The summed E-state index contributed by atoms with van der Waals surface area (Å²) in [7, 11) is 0. The molecular formula is C23H24N2OS2. The van der Waals surface area contributed by atoms with Gasteiger partial charge in [-0.25, -0.2) is 0 Å². The van der Waals surface area contributed by atoms with Crippen LogP contribution in [0.15, 0.2) is 46.5 Å². The number of hydrogen-bond donors (Lipinski definition) is 1. The van der Waals surface area contributed by atoms with E-state index in [-0.39, 0.29) is 5.91 Å². The molecule has 0 spiro atoms. The van der Waals surface area contributed by atoms with Crippen LogP contribution in [0.2, 0.25) is 0 Å². The number of carbonyl (C=O) groups is 1. The third-order valence-electron chi connectivity index (χ3n) is 6.03. The van der Waals surface area contributed by atoms with Gasteiger partial charge in [0, 0.05) is 33.7 Å². The molecule has 1 fully saturated rings. The van der Waals surface area contributed by atoms with Crippen LogP contribution >= 0.6 is 22.7 Å². The zero-order valence-corrected chi connectivity index (χ0v) is 17.5. The molecular weight excluding hydrogens is 384 g/mol. The first-order valence-electron chi connectivity index (χ1n) is 10.1. The second kappa shape index (κ2) is 7.82. The van der Waals surface area contributed by atoms with Crippen molar-refractivity contribution >= 4 is 49.9 Å². The van der Waals surface area contributed by atoms with Gasteiger partial charge in [0.1, 0.15) is 0 Å². The summed E-state index contributed by atoms with van der Waals surface area (Å²) in [6.07, 6.45) is 8.93. The molecule has 0 radical (unpaired) electrons. The second-order valence-electron chi connectivity index (χ2n) is 7.74. The number of nitrogens with one attached hydrogen (secondary N) is 1. The molecule has 1 unspecified atom stereocenters. The summed E-state index contributed by atoms with van der Waals surface area (Å²) in [5.74, 6) is -0.0389. The monoisotopic (exact) mass is 408 g/mol. The molecule has 0 saturated carbocycles. The molecule has 0 aliphatic carbocycles. The lowest BCUT2D eigenvalue weighted by Crippen LogP contribution is -2.38. The Morgan fingerprint density at radius 2 is 2.11 bits per heavy atom. The van der Waals surface area contributed by atoms with E-state index in [2.05, 4.69) is 33.8 Å². The number of rotatable bonds is 3. The van der Waals surface area contributed by atoms with Gasteiger partial charge in [0.15, 0.2) is 0 Å². The van der Waals surface area contributed by atoms with E-state index < -0.39 is 0 Å². The van der Waals surface area contributed by atoms with E-state index >= 15 is 0 Å². The van der Waals surface area contributed by atoms with Crippen molar-refractivity contribution < 1.29 is 4.79 Å². The maximum absolute atomic E-state index is 12.4. The van der Waals surface area contributed by atoms with Crippen LogP contribution in [0, 0.1) is 0 Å². The predicted molar refractivity (Wildman–Crippen MR) is 121 cm³/mol. The van der Waals surface area contributed by atoms with Gasteiger partial charge in [0.25, 0.3) is 5.91 Å². The third kappa shape index (κ3) is 3.54. The summed E-state index contributed by atoms with van der Waals surface area (Å²) in [5, 5.41) is 10.4. The Labute approximate surface area is 173 Å². The number of nitrogens with zero attached hydrogens (tertiary/aromatic N) is 1. The molecule has 3 aromatic rings. The number of allylic oxidation sites excluding steroid dienone is 1. The lowest BCUT2D eigenvalue weighted by atomic mass is 9.95. The molecule has 2 aliphatic heterocycles. The molecule has 1 saturated heterocycles. The average molecular weight is 409 g/mol. The maximum atomic E-state index is 12.4. The zero-order chi connectivity index (χ0) is 18.9. The highest BCUT2D eigenvalue weighted by Gasteiger charge is 2.24. The number of hydrogen-bond acceptors (Lipinski definition) is 4. The Kier molecular flexibility index (Phi) is 5.05. The van der Waals surface area contributed by atoms with Gasteiger partial charge in [0.2, 0.25) is 0 Å². The number of anilines is 1. The summed E-state index contributed by atoms with van der Waals surface area (Å²) in [6.45, 7) is 2.32. The van der Waals surface area contributed by atoms with E-state index in [0.717, 1.165) is 30.3 Å². The van der Waals surface area contributed by atoms with E-state index in [1.807, 2.05) is 22.9 Å². The van der Waals surface area contributed by atoms with Crippen molar-refractivity contribution in [3.05, 3.63) is 57.6 Å². The van der Waals surface area contributed by atoms with Gasteiger partial charge in [-0.05, 0) is 78.4 Å². The van der Waals surface area contributed by atoms with Gasteiger partial charge in [-0.3, -0.25) is 9.69 Å². The molecule has 28 heavy (non-hydrogen) atoms. The number of fused-ring (bicyclic) bond motifs is 2. The van der Waals surface area contributed by atoms with Crippen molar-refractivity contribution in [3.8, 4) is 0 Å². The number of thiophene rings is 2. The fraction of sp³-hybridized carbons (Fsp3) is 0.348. The molecule has 5 rings (SSSR count). The molecule has 2 aliphatic rings. The standard InChI is InChI=1S/C23H24N2OS2/c26-23(17-9-12-27-14-17)24-18-5-7-22-20(13-18)21(15-28-22)16-4-6-19-3-1-2-10-25(19)11-8-16/h5,7-9,12-15,19H,1-4,6,10-11H2,(H,24,26). The van der Waals surface area contributed by atoms with Gasteiger partial charge in [0.05, 0.1) is 5.56 Å². The molecule has 144 valence electrons. The lowest BCUT2D eigenvalue weighted by molar-refractivity contribution is 0.102. The van der Waals surface area contributed by atoms with E-state index in [4.69, 9.17) is 0 Å². The van der Waals surface area contributed by atoms with E-state index in [1.54, 1.807) is 22.7 Å². The van der Waals surface area contributed by atoms with Crippen LogP contribution in [-0.4, -0.2) is 29.9 Å². The summed E-state index contributed by atoms with van der Waals surface area (Å²) < 4.78 is 1.28. The van der Waals surface area contributed by atoms with Crippen LogP contribution in [0.3, 0.4) is 0 Å². The maximum Gasteiger partial charge on any atom is 0.256 e. The molecule has 2 aromatic heterocycles. The highest BCUT2D eigenvalue weighted by Crippen LogP contribution is 2.37. The molecule has 1 amide bonds. The summed E-state index contributed by atoms with van der Waals surface area (Å²) >= 11 is 3.34. The van der Waals surface area contributed by atoms with Gasteiger partial charge in [-0.1, -0.05) is 12.5 Å². The van der Waals surface area contributed by atoms with Crippen molar-refractivity contribution in [3.63, 3.8) is 0 Å². The average Bonchev–Trinajstić information content (AvgIpc) is 3.35. The normalized spacial score (nSPS) is 20.4. The van der Waals surface area contributed by atoms with Gasteiger partial charge >= 0.3 is 0 Å². The Bertz CT molecular complexity index is 1020. The van der Waals surface area contributed by atoms with Crippen molar-refractivity contribution in [1.82, 2.24) is 4.90 Å². The van der Waals surface area contributed by atoms with Crippen molar-refractivity contribution in [2.24, 2.45) is 0 Å². The van der Waals surface area contributed by atoms with Crippen LogP contribution in [0.1, 0.15) is 48.0 Å². The molecule has 0 bridgehead atoms. The van der Waals surface area contributed by atoms with Crippen molar-refractivity contribution in [1.29, 1.82) is 0 Å². The van der Waals surface area contributed by atoms with Crippen LogP contribution in [-0.2, 0) is 0 Å². The minimum absolute atomic E-state index is 0.0389. The first-order chi connectivity index (χ1) is 13.8. The topological polar surface area (TPSA) is 32.3 Å². The minimum atomic E-state index is -0.0389. The van der Waals surface area contributed by atoms with Crippen LogP contribution in [0.5, 0.6) is 0 Å². The molecule has 3 nitrogen and oxygen atoms in total. The van der Waals surface area contributed by atoms with E-state index in [1.165, 1.54) is 53.5 Å². The predicted octanol–water partition coefficient (Wildman–Crippen LogP) is 6.25. The Balaban J connectivity index is 1.42. The molecule has 1 atom stereocenters. The van der Waals surface area contributed by atoms with Crippen molar-refractivity contribution in [2.75, 3.05) is 18.4 Å². The van der Waals surface area contributed by atoms with Gasteiger partial charge in [-0.2, -0.15) is 11.3 Å². The fourth-order valence-corrected chi connectivity index (χ4v) is 6.08. The number of amides is 1. The Morgan fingerprint density at radius 1 is 1.14 bits per heavy atom.